The van der Waals surface area contributed by atoms with Gasteiger partial charge < -0.3 is 9.47 Å². The van der Waals surface area contributed by atoms with E-state index in [1.54, 1.807) is 7.11 Å². The number of hydrogen-bond acceptors (Lipinski definition) is 2. The first-order valence-electron chi connectivity index (χ1n) is 6.86. The Balaban J connectivity index is 2.00. The van der Waals surface area contributed by atoms with E-state index in [-0.39, 0.29) is 0 Å². The predicted molar refractivity (Wildman–Crippen MR) is 76.0 cm³/mol. The molecule has 0 N–H and O–H groups in total. The Morgan fingerprint density at radius 2 is 1.67 bits per heavy atom. The zero-order valence-electron chi connectivity index (χ0n) is 11.5. The van der Waals surface area contributed by atoms with E-state index < -0.39 is 0 Å². The molecule has 0 aromatic heterocycles. The molecule has 1 rings (SSSR count). The molecule has 0 amide bonds. The molecule has 101 valence electrons. The molecule has 0 aliphatic heterocycles. The number of methoxy groups -OCH3 is 1. The Kier molecular flexibility index (Phi) is 8.32. The molecule has 2 heteroatoms. The Morgan fingerprint density at radius 1 is 0.944 bits per heavy atom. The number of hydrogen-bond donors (Lipinski definition) is 0. The third-order valence-corrected chi connectivity index (χ3v) is 2.95. The van der Waals surface area contributed by atoms with Gasteiger partial charge in [0.05, 0.1) is 7.11 Å². The quantitative estimate of drug-likeness (QED) is 0.583. The summed E-state index contributed by atoms with van der Waals surface area (Å²) in [7, 11) is 1.70. The summed E-state index contributed by atoms with van der Waals surface area (Å²) in [6, 6.07) is 8.36. The van der Waals surface area contributed by atoms with Crippen LogP contribution in [-0.2, 0) is 11.2 Å². The smallest absolute Gasteiger partial charge is 0.118 e. The van der Waals surface area contributed by atoms with Gasteiger partial charge in [-0.3, -0.25) is 0 Å². The monoisotopic (exact) mass is 249 g/mol. The second kappa shape index (κ2) is 9.95. The van der Waals surface area contributed by atoms with Gasteiger partial charge in [0.25, 0.3) is 0 Å². The summed E-state index contributed by atoms with van der Waals surface area (Å²) in [5.74, 6) is 0.932. The second-order valence-electron chi connectivity index (χ2n) is 4.48. The number of rotatable bonds is 10. The summed E-state index contributed by atoms with van der Waals surface area (Å²) in [5, 5.41) is 0. The topological polar surface area (TPSA) is 18.5 Å². The average Bonchev–Trinajstić information content (AvgIpc) is 2.42. The molecule has 18 heavy (non-hydrogen) atoms. The number of unbranched alkanes of at least 4 members (excludes halogenated alkanes) is 3. The van der Waals surface area contributed by atoms with E-state index in [9.17, 15) is 0 Å². The van der Waals surface area contributed by atoms with Crippen LogP contribution in [0.4, 0.5) is 0 Å². The molecule has 0 saturated carbocycles. The van der Waals surface area contributed by atoms with Gasteiger partial charge in [-0.05, 0) is 43.4 Å². The van der Waals surface area contributed by atoms with E-state index in [1.807, 2.05) is 12.1 Å². The standard InChI is InChI=1S/C16H25O2/c1-3-13-18-14-7-5-4-6-8-15-9-11-16(17-2)12-10-15/h9-12H,1,3-8,13-14H2,2H3. The lowest BCUT2D eigenvalue weighted by molar-refractivity contribution is 0.134. The van der Waals surface area contributed by atoms with Gasteiger partial charge in [-0.15, -0.1) is 0 Å². The fourth-order valence-corrected chi connectivity index (χ4v) is 1.88. The molecule has 2 nitrogen and oxygen atoms in total. The summed E-state index contributed by atoms with van der Waals surface area (Å²) in [6.45, 7) is 5.43. The van der Waals surface area contributed by atoms with Gasteiger partial charge in [0, 0.05) is 13.2 Å². The highest BCUT2D eigenvalue weighted by atomic mass is 16.5. The maximum atomic E-state index is 5.40. The van der Waals surface area contributed by atoms with Gasteiger partial charge in [0.1, 0.15) is 5.75 Å². The molecular weight excluding hydrogens is 224 g/mol. The molecule has 0 unspecified atom stereocenters. The van der Waals surface area contributed by atoms with E-state index >= 15 is 0 Å². The van der Waals surface area contributed by atoms with E-state index in [0.29, 0.717) is 0 Å². The van der Waals surface area contributed by atoms with Gasteiger partial charge in [-0.25, -0.2) is 0 Å². The predicted octanol–water partition coefficient (Wildman–Crippen LogP) is 4.04. The SMILES string of the molecule is [CH2]CCOCCCCCCc1ccc(OC)cc1. The van der Waals surface area contributed by atoms with Crippen LogP contribution in [0, 0.1) is 6.92 Å². The Hall–Kier alpha value is -1.02. The van der Waals surface area contributed by atoms with Crippen LogP contribution in [0.3, 0.4) is 0 Å². The third kappa shape index (κ3) is 6.65. The Morgan fingerprint density at radius 3 is 2.33 bits per heavy atom. The van der Waals surface area contributed by atoms with Crippen LogP contribution < -0.4 is 4.74 Å². The van der Waals surface area contributed by atoms with Crippen molar-refractivity contribution in [3.8, 4) is 5.75 Å². The molecule has 0 bridgehead atoms. The lowest BCUT2D eigenvalue weighted by atomic mass is 10.1. The number of aryl methyl sites for hydroxylation is 1. The lowest BCUT2D eigenvalue weighted by Crippen LogP contribution is -1.95. The summed E-state index contributed by atoms with van der Waals surface area (Å²) in [5.41, 5.74) is 1.39. The largest absolute Gasteiger partial charge is 0.497 e. The molecule has 1 aromatic rings. The van der Waals surface area contributed by atoms with Crippen LogP contribution in [0.2, 0.25) is 0 Å². The fraction of sp³-hybridized carbons (Fsp3) is 0.562. The highest BCUT2D eigenvalue weighted by molar-refractivity contribution is 5.27. The van der Waals surface area contributed by atoms with Crippen LogP contribution in [0.5, 0.6) is 5.75 Å². The average molecular weight is 249 g/mol. The minimum Gasteiger partial charge on any atom is -0.497 e. The van der Waals surface area contributed by atoms with Crippen LogP contribution in [0.15, 0.2) is 24.3 Å². The Bertz CT molecular complexity index is 292. The second-order valence-corrected chi connectivity index (χ2v) is 4.48. The maximum Gasteiger partial charge on any atom is 0.118 e. The molecule has 0 heterocycles. The van der Waals surface area contributed by atoms with E-state index in [0.717, 1.165) is 31.8 Å². The molecule has 0 saturated heterocycles. The molecule has 0 atom stereocenters. The number of ether oxygens (including phenoxy) is 2. The first-order valence-corrected chi connectivity index (χ1v) is 6.86. The van der Waals surface area contributed by atoms with Gasteiger partial charge in [0.2, 0.25) is 0 Å². The first kappa shape index (κ1) is 15.0. The fourth-order valence-electron chi connectivity index (χ4n) is 1.88. The van der Waals surface area contributed by atoms with Crippen LogP contribution in [0.25, 0.3) is 0 Å². The van der Waals surface area contributed by atoms with Gasteiger partial charge in [0.15, 0.2) is 0 Å². The first-order chi connectivity index (χ1) is 8.86. The van der Waals surface area contributed by atoms with Crippen LogP contribution in [-0.4, -0.2) is 20.3 Å². The van der Waals surface area contributed by atoms with Gasteiger partial charge in [-0.2, -0.15) is 0 Å². The molecule has 0 aliphatic carbocycles. The molecular formula is C16H25O2. The summed E-state index contributed by atoms with van der Waals surface area (Å²) in [4.78, 5) is 0. The zero-order chi connectivity index (χ0) is 13.1. The third-order valence-electron chi connectivity index (χ3n) is 2.95. The van der Waals surface area contributed by atoms with Crippen LogP contribution in [0.1, 0.15) is 37.7 Å². The van der Waals surface area contributed by atoms with Crippen molar-refractivity contribution in [1.82, 2.24) is 0 Å². The van der Waals surface area contributed by atoms with Gasteiger partial charge >= 0.3 is 0 Å². The summed E-state index contributed by atoms with van der Waals surface area (Å²) >= 11 is 0. The Labute approximate surface area is 111 Å². The highest BCUT2D eigenvalue weighted by Gasteiger charge is 1.95. The van der Waals surface area contributed by atoms with Crippen molar-refractivity contribution >= 4 is 0 Å². The van der Waals surface area contributed by atoms with Crippen molar-refractivity contribution < 1.29 is 9.47 Å². The molecule has 0 fully saturated rings. The zero-order valence-corrected chi connectivity index (χ0v) is 11.5. The highest BCUT2D eigenvalue weighted by Crippen LogP contribution is 2.13. The van der Waals surface area contributed by atoms with Crippen molar-refractivity contribution in [2.75, 3.05) is 20.3 Å². The van der Waals surface area contributed by atoms with Crippen LogP contribution >= 0.6 is 0 Å². The van der Waals surface area contributed by atoms with Crippen molar-refractivity contribution in [3.63, 3.8) is 0 Å². The minimum absolute atomic E-state index is 0.797. The normalized spacial score (nSPS) is 10.6. The molecule has 1 radical (unpaired) electrons. The maximum absolute atomic E-state index is 5.40. The summed E-state index contributed by atoms with van der Waals surface area (Å²) < 4.78 is 10.5. The lowest BCUT2D eigenvalue weighted by Gasteiger charge is -2.04. The summed E-state index contributed by atoms with van der Waals surface area (Å²) in [6.07, 6.45) is 6.98. The van der Waals surface area contributed by atoms with Gasteiger partial charge in [-0.1, -0.05) is 31.9 Å². The van der Waals surface area contributed by atoms with E-state index in [4.69, 9.17) is 9.47 Å². The van der Waals surface area contributed by atoms with Crippen molar-refractivity contribution in [2.45, 2.75) is 38.5 Å². The van der Waals surface area contributed by atoms with Crippen molar-refractivity contribution in [2.24, 2.45) is 0 Å². The van der Waals surface area contributed by atoms with E-state index in [2.05, 4.69) is 19.1 Å². The molecule has 1 aromatic carbocycles. The molecule has 0 spiro atoms. The van der Waals surface area contributed by atoms with E-state index in [1.165, 1.54) is 31.2 Å². The number of benzene rings is 1. The minimum atomic E-state index is 0.797. The van der Waals surface area contributed by atoms with Crippen molar-refractivity contribution in [1.29, 1.82) is 0 Å². The van der Waals surface area contributed by atoms with Crippen molar-refractivity contribution in [3.05, 3.63) is 36.8 Å². The molecule has 0 aliphatic rings.